The van der Waals surface area contributed by atoms with E-state index in [0.717, 1.165) is 11.8 Å². The molecule has 0 aromatic heterocycles. The van der Waals surface area contributed by atoms with Crippen molar-refractivity contribution in [1.82, 2.24) is 4.90 Å². The van der Waals surface area contributed by atoms with Crippen LogP contribution < -0.4 is 5.73 Å². The van der Waals surface area contributed by atoms with Crippen molar-refractivity contribution in [3.8, 4) is 0 Å². The summed E-state index contributed by atoms with van der Waals surface area (Å²) >= 11 is 2.02. The van der Waals surface area contributed by atoms with Crippen LogP contribution in [-0.2, 0) is 13.1 Å². The quantitative estimate of drug-likeness (QED) is 0.890. The third-order valence-electron chi connectivity index (χ3n) is 3.50. The van der Waals surface area contributed by atoms with Gasteiger partial charge in [-0.1, -0.05) is 24.3 Å². The summed E-state index contributed by atoms with van der Waals surface area (Å²) in [6.45, 7) is 4.19. The third-order valence-corrected chi connectivity index (χ3v) is 4.64. The molecule has 1 aromatic rings. The normalized spacial score (nSPS) is 18.5. The molecule has 0 spiro atoms. The van der Waals surface area contributed by atoms with Crippen LogP contribution in [0.25, 0.3) is 0 Å². The van der Waals surface area contributed by atoms with E-state index in [1.54, 1.807) is 0 Å². The number of hydrogen-bond donors (Lipinski definition) is 1. The Morgan fingerprint density at radius 2 is 2.00 bits per heavy atom. The molecular formula is C14H22N2S. The largest absolute Gasteiger partial charge is 0.326 e. The Morgan fingerprint density at radius 3 is 2.65 bits per heavy atom. The van der Waals surface area contributed by atoms with Gasteiger partial charge in [0.25, 0.3) is 0 Å². The molecule has 1 fully saturated rings. The molecule has 3 heteroatoms. The summed E-state index contributed by atoms with van der Waals surface area (Å²) in [5.41, 5.74) is 8.31. The lowest BCUT2D eigenvalue weighted by atomic mass is 10.1. The molecule has 0 saturated carbocycles. The Morgan fingerprint density at radius 1 is 1.29 bits per heavy atom. The lowest BCUT2D eigenvalue weighted by molar-refractivity contribution is 0.225. The Labute approximate surface area is 109 Å². The molecule has 94 valence electrons. The molecule has 0 bridgehead atoms. The second-order valence-corrected chi connectivity index (χ2v) is 5.87. The molecular weight excluding hydrogens is 228 g/mol. The van der Waals surface area contributed by atoms with Gasteiger partial charge >= 0.3 is 0 Å². The molecule has 1 saturated heterocycles. The van der Waals surface area contributed by atoms with Crippen LogP contribution in [0.4, 0.5) is 0 Å². The van der Waals surface area contributed by atoms with Crippen molar-refractivity contribution >= 4 is 11.8 Å². The van der Waals surface area contributed by atoms with Crippen LogP contribution in [0.15, 0.2) is 24.3 Å². The average Bonchev–Trinajstić information content (AvgIpc) is 2.40. The standard InChI is InChI=1S/C14H22N2S/c1-17-14-5-7-16(8-6-14)11-13-4-2-3-12(9-13)10-15/h2-4,9,14H,5-8,10-11,15H2,1H3. The zero-order chi connectivity index (χ0) is 12.1. The predicted molar refractivity (Wildman–Crippen MR) is 76.1 cm³/mol. The summed E-state index contributed by atoms with van der Waals surface area (Å²) < 4.78 is 0. The third kappa shape index (κ3) is 3.73. The van der Waals surface area contributed by atoms with E-state index in [0.29, 0.717) is 6.54 Å². The molecule has 1 aliphatic rings. The number of nitrogens with two attached hydrogens (primary N) is 1. The lowest BCUT2D eigenvalue weighted by Crippen LogP contribution is -2.34. The monoisotopic (exact) mass is 250 g/mol. The molecule has 1 aliphatic heterocycles. The van der Waals surface area contributed by atoms with E-state index in [-0.39, 0.29) is 0 Å². The minimum atomic E-state index is 0.641. The van der Waals surface area contributed by atoms with Gasteiger partial charge < -0.3 is 5.73 Å². The number of benzene rings is 1. The molecule has 0 radical (unpaired) electrons. The van der Waals surface area contributed by atoms with Crippen LogP contribution in [0.1, 0.15) is 24.0 Å². The predicted octanol–water partition coefficient (Wildman–Crippen LogP) is 2.47. The molecule has 0 atom stereocenters. The molecule has 2 N–H and O–H groups in total. The number of rotatable bonds is 4. The van der Waals surface area contributed by atoms with E-state index in [1.165, 1.54) is 37.1 Å². The molecule has 17 heavy (non-hydrogen) atoms. The summed E-state index contributed by atoms with van der Waals surface area (Å²) in [5.74, 6) is 0. The first kappa shape index (κ1) is 12.9. The van der Waals surface area contributed by atoms with Crippen molar-refractivity contribution in [3.05, 3.63) is 35.4 Å². The Hall–Kier alpha value is -0.510. The first-order chi connectivity index (χ1) is 8.31. The first-order valence-corrected chi connectivity index (χ1v) is 7.63. The molecule has 1 aromatic carbocycles. The summed E-state index contributed by atoms with van der Waals surface area (Å²) in [5, 5.41) is 0.877. The number of likely N-dealkylation sites (tertiary alicyclic amines) is 1. The fourth-order valence-corrected chi connectivity index (χ4v) is 3.10. The maximum absolute atomic E-state index is 5.67. The van der Waals surface area contributed by atoms with Gasteiger partial charge in [-0.2, -0.15) is 11.8 Å². The zero-order valence-electron chi connectivity index (χ0n) is 10.6. The lowest BCUT2D eigenvalue weighted by Gasteiger charge is -2.31. The summed E-state index contributed by atoms with van der Waals surface area (Å²) in [7, 11) is 0. The van der Waals surface area contributed by atoms with Gasteiger partial charge in [-0.3, -0.25) is 4.90 Å². The topological polar surface area (TPSA) is 29.3 Å². The number of piperidine rings is 1. The van der Waals surface area contributed by atoms with Crippen molar-refractivity contribution in [2.75, 3.05) is 19.3 Å². The van der Waals surface area contributed by atoms with Crippen LogP contribution in [0.2, 0.25) is 0 Å². The summed E-state index contributed by atoms with van der Waals surface area (Å²) in [6, 6.07) is 8.66. The highest BCUT2D eigenvalue weighted by Gasteiger charge is 2.17. The van der Waals surface area contributed by atoms with Crippen molar-refractivity contribution in [3.63, 3.8) is 0 Å². The van der Waals surface area contributed by atoms with Crippen molar-refractivity contribution in [1.29, 1.82) is 0 Å². The summed E-state index contributed by atoms with van der Waals surface area (Å²) in [6.07, 6.45) is 4.89. The molecule has 0 aliphatic carbocycles. The van der Waals surface area contributed by atoms with Crippen LogP contribution in [0.5, 0.6) is 0 Å². The van der Waals surface area contributed by atoms with E-state index in [4.69, 9.17) is 5.73 Å². The van der Waals surface area contributed by atoms with Crippen molar-refractivity contribution in [2.45, 2.75) is 31.2 Å². The maximum Gasteiger partial charge on any atom is 0.0233 e. The van der Waals surface area contributed by atoms with Crippen molar-refractivity contribution < 1.29 is 0 Å². The average molecular weight is 250 g/mol. The second kappa shape index (κ2) is 6.43. The van der Waals surface area contributed by atoms with Gasteiger partial charge in [0.05, 0.1) is 0 Å². The fraction of sp³-hybridized carbons (Fsp3) is 0.571. The number of thioether (sulfide) groups is 1. The molecule has 1 heterocycles. The van der Waals surface area contributed by atoms with Crippen LogP contribution >= 0.6 is 11.8 Å². The van der Waals surface area contributed by atoms with E-state index < -0.39 is 0 Å². The van der Waals surface area contributed by atoms with Crippen LogP contribution in [0.3, 0.4) is 0 Å². The maximum atomic E-state index is 5.67. The van der Waals surface area contributed by atoms with Gasteiger partial charge in [-0.15, -0.1) is 0 Å². The molecule has 2 rings (SSSR count). The van der Waals surface area contributed by atoms with Gasteiger partial charge in [0.2, 0.25) is 0 Å². The highest BCUT2D eigenvalue weighted by Crippen LogP contribution is 2.22. The molecule has 0 unspecified atom stereocenters. The first-order valence-electron chi connectivity index (χ1n) is 6.35. The van der Waals surface area contributed by atoms with E-state index in [9.17, 15) is 0 Å². The SMILES string of the molecule is CSC1CCN(Cc2cccc(CN)c2)CC1. The van der Waals surface area contributed by atoms with Gasteiger partial charge in [0.15, 0.2) is 0 Å². The number of hydrogen-bond acceptors (Lipinski definition) is 3. The fourth-order valence-electron chi connectivity index (χ4n) is 2.42. The highest BCUT2D eigenvalue weighted by atomic mass is 32.2. The van der Waals surface area contributed by atoms with Crippen LogP contribution in [0, 0.1) is 0 Å². The smallest absolute Gasteiger partial charge is 0.0233 e. The second-order valence-electron chi connectivity index (χ2n) is 4.74. The molecule has 0 amide bonds. The van der Waals surface area contributed by atoms with E-state index in [2.05, 4.69) is 35.4 Å². The number of nitrogens with zero attached hydrogens (tertiary/aromatic N) is 1. The van der Waals surface area contributed by atoms with Crippen LogP contribution in [-0.4, -0.2) is 29.5 Å². The van der Waals surface area contributed by atoms with E-state index >= 15 is 0 Å². The van der Waals surface area contributed by atoms with Gasteiger partial charge in [0.1, 0.15) is 0 Å². The Kier molecular flexibility index (Phi) is 4.89. The minimum absolute atomic E-state index is 0.641. The zero-order valence-corrected chi connectivity index (χ0v) is 11.4. The Bertz CT molecular complexity index is 346. The highest BCUT2D eigenvalue weighted by molar-refractivity contribution is 7.99. The summed E-state index contributed by atoms with van der Waals surface area (Å²) in [4.78, 5) is 2.56. The van der Waals surface area contributed by atoms with E-state index in [1.807, 2.05) is 11.8 Å². The van der Waals surface area contributed by atoms with Gasteiger partial charge in [-0.25, -0.2) is 0 Å². The minimum Gasteiger partial charge on any atom is -0.326 e. The van der Waals surface area contributed by atoms with Gasteiger partial charge in [0, 0.05) is 18.3 Å². The van der Waals surface area contributed by atoms with Crippen molar-refractivity contribution in [2.24, 2.45) is 5.73 Å². The van der Waals surface area contributed by atoms with Gasteiger partial charge in [-0.05, 0) is 43.3 Å². The molecule has 2 nitrogen and oxygen atoms in total. The Balaban J connectivity index is 1.88.